The summed E-state index contributed by atoms with van der Waals surface area (Å²) in [5.41, 5.74) is 1.33. The Morgan fingerprint density at radius 2 is 1.74 bits per heavy atom. The molecule has 0 unspecified atom stereocenters. The van der Waals surface area contributed by atoms with Crippen molar-refractivity contribution in [2.45, 2.75) is 13.0 Å². The first-order valence-corrected chi connectivity index (χ1v) is 10.3. The molecule has 0 saturated heterocycles. The minimum absolute atomic E-state index is 0.0297. The molecule has 4 aromatic rings. The zero-order valence-electron chi connectivity index (χ0n) is 16.7. The predicted octanol–water partition coefficient (Wildman–Crippen LogP) is 3.24. The fourth-order valence-electron chi connectivity index (χ4n) is 3.00. The van der Waals surface area contributed by atoms with Crippen molar-refractivity contribution in [1.82, 2.24) is 14.8 Å². The van der Waals surface area contributed by atoms with Crippen molar-refractivity contribution in [1.29, 1.82) is 0 Å². The van der Waals surface area contributed by atoms with Gasteiger partial charge in [-0.2, -0.15) is 5.10 Å². The van der Waals surface area contributed by atoms with Gasteiger partial charge in [0.05, 0.1) is 11.1 Å². The second-order valence-corrected chi connectivity index (χ2v) is 7.62. The number of carbonyl (C=O) groups is 2. The molecule has 9 heteroatoms. The van der Waals surface area contributed by atoms with Crippen LogP contribution in [0.15, 0.2) is 64.8 Å². The molecular weight excluding hydrogens is 416 g/mol. The minimum atomic E-state index is -1.09. The van der Waals surface area contributed by atoms with Gasteiger partial charge in [-0.15, -0.1) is 11.3 Å². The highest BCUT2D eigenvalue weighted by molar-refractivity contribution is 7.14. The normalized spacial score (nSPS) is 11.8. The Balaban J connectivity index is 1.48. The molecule has 0 saturated carbocycles. The number of rotatable bonds is 5. The van der Waals surface area contributed by atoms with Gasteiger partial charge in [0.2, 0.25) is 0 Å². The van der Waals surface area contributed by atoms with E-state index in [1.165, 1.54) is 25.3 Å². The third kappa shape index (κ3) is 4.22. The van der Waals surface area contributed by atoms with Crippen LogP contribution in [0, 0.1) is 0 Å². The van der Waals surface area contributed by atoms with Gasteiger partial charge in [-0.1, -0.05) is 48.5 Å². The van der Waals surface area contributed by atoms with E-state index >= 15 is 0 Å². The fraction of sp³-hybridized carbons (Fsp3) is 0.136. The lowest BCUT2D eigenvalue weighted by Gasteiger charge is -2.13. The topological polar surface area (TPSA) is 103 Å². The number of anilines is 1. The summed E-state index contributed by atoms with van der Waals surface area (Å²) in [6.45, 7) is 1.46. The Kier molecular flexibility index (Phi) is 5.59. The van der Waals surface area contributed by atoms with Crippen LogP contribution in [0.25, 0.3) is 22.0 Å². The number of benzene rings is 2. The Bertz CT molecular complexity index is 1330. The van der Waals surface area contributed by atoms with Crippen LogP contribution in [0.4, 0.5) is 5.13 Å². The van der Waals surface area contributed by atoms with Gasteiger partial charge in [0.1, 0.15) is 0 Å². The summed E-state index contributed by atoms with van der Waals surface area (Å²) in [5.74, 6) is -1.31. The molecule has 2 aromatic heterocycles. The number of hydrogen-bond donors (Lipinski definition) is 1. The number of aryl methyl sites for hydroxylation is 1. The zero-order chi connectivity index (χ0) is 22.0. The first-order chi connectivity index (χ1) is 14.9. The maximum absolute atomic E-state index is 12.7. The Morgan fingerprint density at radius 1 is 1.06 bits per heavy atom. The molecule has 0 aliphatic carbocycles. The largest absolute Gasteiger partial charge is 0.448 e. The molecule has 0 bridgehead atoms. The van der Waals surface area contributed by atoms with Crippen molar-refractivity contribution >= 4 is 39.1 Å². The molecule has 2 aromatic carbocycles. The number of thiazole rings is 1. The number of fused-ring (bicyclic) bond motifs is 1. The van der Waals surface area contributed by atoms with Crippen molar-refractivity contribution in [3.63, 3.8) is 0 Å². The standard InChI is InChI=1S/C22H18N4O4S/c1-13(19(27)24-22-23-17(12-31-22)14-8-4-3-5-9-14)30-21(29)18-15-10-6-7-11-16(15)20(28)26(2)25-18/h3-13H,1-2H3,(H,23,24,27)/t13-/m1/s1. The van der Waals surface area contributed by atoms with Gasteiger partial charge in [-0.05, 0) is 13.0 Å². The predicted molar refractivity (Wildman–Crippen MR) is 118 cm³/mol. The molecule has 0 radical (unpaired) electrons. The number of amides is 1. The maximum atomic E-state index is 12.7. The average molecular weight is 434 g/mol. The zero-order valence-corrected chi connectivity index (χ0v) is 17.6. The highest BCUT2D eigenvalue weighted by atomic mass is 32.1. The highest BCUT2D eigenvalue weighted by Gasteiger charge is 2.23. The summed E-state index contributed by atoms with van der Waals surface area (Å²) in [6, 6.07) is 16.2. The smallest absolute Gasteiger partial charge is 0.360 e. The second kappa shape index (κ2) is 8.49. The van der Waals surface area contributed by atoms with Gasteiger partial charge in [-0.3, -0.25) is 14.9 Å². The number of ether oxygens (including phenoxy) is 1. The van der Waals surface area contributed by atoms with Gasteiger partial charge >= 0.3 is 5.97 Å². The van der Waals surface area contributed by atoms with E-state index in [-0.39, 0.29) is 11.3 Å². The summed E-state index contributed by atoms with van der Waals surface area (Å²) >= 11 is 1.28. The lowest BCUT2D eigenvalue weighted by Crippen LogP contribution is -2.31. The quantitative estimate of drug-likeness (QED) is 0.484. The monoisotopic (exact) mass is 434 g/mol. The minimum Gasteiger partial charge on any atom is -0.448 e. The van der Waals surface area contributed by atoms with E-state index in [2.05, 4.69) is 15.4 Å². The molecular formula is C22H18N4O4S. The van der Waals surface area contributed by atoms with Crippen molar-refractivity contribution in [2.24, 2.45) is 7.05 Å². The van der Waals surface area contributed by atoms with Gasteiger partial charge in [0.15, 0.2) is 16.9 Å². The van der Waals surface area contributed by atoms with Crippen LogP contribution < -0.4 is 10.9 Å². The number of nitrogens with one attached hydrogen (secondary N) is 1. The van der Waals surface area contributed by atoms with Crippen LogP contribution in [-0.2, 0) is 16.6 Å². The molecule has 8 nitrogen and oxygen atoms in total. The summed E-state index contributed by atoms with van der Waals surface area (Å²) in [7, 11) is 1.45. The summed E-state index contributed by atoms with van der Waals surface area (Å²) < 4.78 is 6.39. The lowest BCUT2D eigenvalue weighted by molar-refractivity contribution is -0.123. The molecule has 0 aliphatic heterocycles. The molecule has 1 atom stereocenters. The van der Waals surface area contributed by atoms with Crippen molar-refractivity contribution in [3.8, 4) is 11.3 Å². The van der Waals surface area contributed by atoms with Crippen molar-refractivity contribution < 1.29 is 14.3 Å². The van der Waals surface area contributed by atoms with Crippen molar-refractivity contribution in [3.05, 3.63) is 76.0 Å². The lowest BCUT2D eigenvalue weighted by atomic mass is 10.1. The number of hydrogen-bond acceptors (Lipinski definition) is 7. The SMILES string of the molecule is C[C@@H](OC(=O)c1nn(C)c(=O)c2ccccc12)C(=O)Nc1nc(-c2ccccc2)cs1. The Hall–Kier alpha value is -3.85. The number of carbonyl (C=O) groups excluding carboxylic acids is 2. The summed E-state index contributed by atoms with van der Waals surface area (Å²) in [5, 5.41) is 9.64. The third-order valence-corrected chi connectivity index (χ3v) is 5.36. The van der Waals surface area contributed by atoms with Gasteiger partial charge in [0, 0.05) is 23.4 Å². The van der Waals surface area contributed by atoms with E-state index in [1.807, 2.05) is 35.7 Å². The summed E-state index contributed by atoms with van der Waals surface area (Å²) in [6.07, 6.45) is -1.09. The first kappa shape index (κ1) is 20.4. The Morgan fingerprint density at radius 3 is 2.48 bits per heavy atom. The number of esters is 1. The van der Waals surface area contributed by atoms with Gasteiger partial charge < -0.3 is 4.74 Å². The van der Waals surface area contributed by atoms with Crippen LogP contribution in [-0.4, -0.2) is 32.7 Å². The van der Waals surface area contributed by atoms with E-state index in [4.69, 9.17) is 4.74 Å². The highest BCUT2D eigenvalue weighted by Crippen LogP contribution is 2.24. The van der Waals surface area contributed by atoms with Gasteiger partial charge in [-0.25, -0.2) is 14.5 Å². The molecule has 31 heavy (non-hydrogen) atoms. The second-order valence-electron chi connectivity index (χ2n) is 6.76. The third-order valence-electron chi connectivity index (χ3n) is 4.61. The maximum Gasteiger partial charge on any atom is 0.360 e. The molecule has 2 heterocycles. The van der Waals surface area contributed by atoms with E-state index in [0.29, 0.717) is 15.9 Å². The van der Waals surface area contributed by atoms with E-state index in [0.717, 1.165) is 15.9 Å². The molecule has 0 aliphatic rings. The first-order valence-electron chi connectivity index (χ1n) is 9.43. The molecule has 0 spiro atoms. The molecule has 0 fully saturated rings. The molecule has 156 valence electrons. The molecule has 4 rings (SSSR count). The van der Waals surface area contributed by atoms with E-state index in [9.17, 15) is 14.4 Å². The number of nitrogens with zero attached hydrogens (tertiary/aromatic N) is 3. The van der Waals surface area contributed by atoms with Crippen LogP contribution in [0.3, 0.4) is 0 Å². The molecule has 1 amide bonds. The van der Waals surface area contributed by atoms with Gasteiger partial charge in [0.25, 0.3) is 11.5 Å². The number of aromatic nitrogens is 3. The van der Waals surface area contributed by atoms with Crippen LogP contribution in [0.2, 0.25) is 0 Å². The van der Waals surface area contributed by atoms with Crippen LogP contribution in [0.5, 0.6) is 0 Å². The van der Waals surface area contributed by atoms with Crippen LogP contribution >= 0.6 is 11.3 Å². The average Bonchev–Trinajstić information content (AvgIpc) is 3.25. The fourth-order valence-corrected chi connectivity index (χ4v) is 3.72. The Labute approximate surface area is 181 Å². The van der Waals surface area contributed by atoms with E-state index in [1.54, 1.807) is 24.3 Å². The van der Waals surface area contributed by atoms with E-state index < -0.39 is 18.0 Å². The van der Waals surface area contributed by atoms with Crippen LogP contribution in [0.1, 0.15) is 17.4 Å². The summed E-state index contributed by atoms with van der Waals surface area (Å²) in [4.78, 5) is 41.8. The molecule has 1 N–H and O–H groups in total. The van der Waals surface area contributed by atoms with Crippen molar-refractivity contribution in [2.75, 3.05) is 5.32 Å².